The fourth-order valence-corrected chi connectivity index (χ4v) is 2.93. The van der Waals surface area contributed by atoms with Gasteiger partial charge in [0.05, 0.1) is 18.6 Å². The highest BCUT2D eigenvalue weighted by atomic mass is 16.5. The van der Waals surface area contributed by atoms with Crippen molar-refractivity contribution in [3.63, 3.8) is 0 Å². The van der Waals surface area contributed by atoms with Crippen LogP contribution in [0.15, 0.2) is 65.7 Å². The van der Waals surface area contributed by atoms with Gasteiger partial charge in [-0.2, -0.15) is 4.98 Å². The van der Waals surface area contributed by atoms with Gasteiger partial charge >= 0.3 is 5.97 Å². The zero-order valence-electron chi connectivity index (χ0n) is 15.3. The summed E-state index contributed by atoms with van der Waals surface area (Å²) in [4.78, 5) is 24.4. The quantitative estimate of drug-likeness (QED) is 0.491. The third kappa shape index (κ3) is 4.29. The number of nitrogens with zero attached hydrogens (tertiary/aromatic N) is 5. The minimum absolute atomic E-state index is 0.264. The number of carboxylic acids is 1. The molecule has 3 N–H and O–H groups in total. The number of benzene rings is 1. The topological polar surface area (TPSA) is 133 Å². The van der Waals surface area contributed by atoms with Gasteiger partial charge in [-0.1, -0.05) is 29.4 Å². The van der Waals surface area contributed by atoms with Crippen LogP contribution in [0.2, 0.25) is 0 Å². The molecule has 0 saturated carbocycles. The van der Waals surface area contributed by atoms with Gasteiger partial charge in [0.1, 0.15) is 11.7 Å². The van der Waals surface area contributed by atoms with E-state index in [4.69, 9.17) is 10.3 Å². The van der Waals surface area contributed by atoms with E-state index in [1.807, 2.05) is 30.3 Å². The van der Waals surface area contributed by atoms with Crippen molar-refractivity contribution in [1.82, 2.24) is 24.7 Å². The molecule has 4 rings (SSSR count). The molecule has 3 heterocycles. The van der Waals surface area contributed by atoms with Gasteiger partial charge in [0.25, 0.3) is 5.89 Å². The Labute approximate surface area is 165 Å². The van der Waals surface area contributed by atoms with E-state index in [-0.39, 0.29) is 6.42 Å². The molecule has 29 heavy (non-hydrogen) atoms. The number of anilines is 1. The SMILES string of the molecule is Nc1ccc(CC(C(=O)O)c2cn(Cc3noc(-c4ccccc4)n3)cn2)cn1. The molecule has 4 aromatic rings. The number of pyridine rings is 1. The van der Waals surface area contributed by atoms with Crippen molar-refractivity contribution in [3.8, 4) is 11.5 Å². The van der Waals surface area contributed by atoms with E-state index in [1.165, 1.54) is 0 Å². The summed E-state index contributed by atoms with van der Waals surface area (Å²) in [7, 11) is 0. The normalized spacial score (nSPS) is 12.0. The van der Waals surface area contributed by atoms with Crippen molar-refractivity contribution in [3.05, 3.63) is 78.3 Å². The van der Waals surface area contributed by atoms with E-state index in [1.54, 1.807) is 35.4 Å². The number of hydrogen-bond acceptors (Lipinski definition) is 7. The van der Waals surface area contributed by atoms with E-state index in [9.17, 15) is 9.90 Å². The van der Waals surface area contributed by atoms with Crippen LogP contribution >= 0.6 is 0 Å². The van der Waals surface area contributed by atoms with Crippen LogP contribution in [0, 0.1) is 0 Å². The van der Waals surface area contributed by atoms with Crippen LogP contribution in [-0.4, -0.2) is 35.8 Å². The van der Waals surface area contributed by atoms with Crippen LogP contribution < -0.4 is 5.73 Å². The van der Waals surface area contributed by atoms with E-state index in [0.29, 0.717) is 29.8 Å². The molecule has 1 unspecified atom stereocenters. The van der Waals surface area contributed by atoms with E-state index in [2.05, 4.69) is 20.1 Å². The van der Waals surface area contributed by atoms with Gasteiger partial charge in [-0.3, -0.25) is 4.79 Å². The molecule has 0 bridgehead atoms. The maximum Gasteiger partial charge on any atom is 0.312 e. The lowest BCUT2D eigenvalue weighted by Gasteiger charge is -2.09. The summed E-state index contributed by atoms with van der Waals surface area (Å²) in [6, 6.07) is 12.9. The van der Waals surface area contributed by atoms with Gasteiger partial charge in [-0.25, -0.2) is 9.97 Å². The molecule has 1 aromatic carbocycles. The average Bonchev–Trinajstić information content (AvgIpc) is 3.38. The summed E-state index contributed by atoms with van der Waals surface area (Å²) in [6.45, 7) is 0.319. The summed E-state index contributed by atoms with van der Waals surface area (Å²) in [5, 5.41) is 13.6. The highest BCUT2D eigenvalue weighted by molar-refractivity contribution is 5.75. The Bertz CT molecular complexity index is 1100. The average molecular weight is 390 g/mol. The third-order valence-corrected chi connectivity index (χ3v) is 4.41. The molecule has 0 fully saturated rings. The predicted molar refractivity (Wildman–Crippen MR) is 104 cm³/mol. The zero-order chi connectivity index (χ0) is 20.2. The fraction of sp³-hybridized carbons (Fsp3) is 0.150. The lowest BCUT2D eigenvalue weighted by atomic mass is 9.98. The molecule has 3 aromatic heterocycles. The molecule has 0 radical (unpaired) electrons. The largest absolute Gasteiger partial charge is 0.481 e. The Kier molecular flexibility index (Phi) is 5.02. The number of aliphatic carboxylic acids is 1. The smallest absolute Gasteiger partial charge is 0.312 e. The lowest BCUT2D eigenvalue weighted by Crippen LogP contribution is -2.15. The Morgan fingerprint density at radius 1 is 1.17 bits per heavy atom. The third-order valence-electron chi connectivity index (χ3n) is 4.41. The molecule has 0 aliphatic carbocycles. The van der Waals surface area contributed by atoms with Crippen LogP contribution in [0.1, 0.15) is 23.0 Å². The summed E-state index contributed by atoms with van der Waals surface area (Å²) >= 11 is 0. The number of rotatable bonds is 7. The van der Waals surface area contributed by atoms with Crippen LogP contribution in [0.3, 0.4) is 0 Å². The van der Waals surface area contributed by atoms with Crippen LogP contribution in [0.4, 0.5) is 5.82 Å². The van der Waals surface area contributed by atoms with Crippen LogP contribution in [-0.2, 0) is 17.8 Å². The second-order valence-electron chi connectivity index (χ2n) is 6.54. The zero-order valence-corrected chi connectivity index (χ0v) is 15.3. The first-order valence-corrected chi connectivity index (χ1v) is 8.91. The predicted octanol–water partition coefficient (Wildman–Crippen LogP) is 2.37. The lowest BCUT2D eigenvalue weighted by molar-refractivity contribution is -0.138. The number of nitrogen functional groups attached to an aromatic ring is 1. The first-order valence-electron chi connectivity index (χ1n) is 8.91. The van der Waals surface area contributed by atoms with Gasteiger partial charge in [0.2, 0.25) is 0 Å². The molecule has 9 heteroatoms. The highest BCUT2D eigenvalue weighted by Crippen LogP contribution is 2.21. The van der Waals surface area contributed by atoms with E-state index in [0.717, 1.165) is 11.1 Å². The molecule has 0 spiro atoms. The van der Waals surface area contributed by atoms with E-state index >= 15 is 0 Å². The van der Waals surface area contributed by atoms with Crippen molar-refractivity contribution in [1.29, 1.82) is 0 Å². The Morgan fingerprint density at radius 3 is 2.72 bits per heavy atom. The number of carbonyl (C=O) groups is 1. The number of hydrogen-bond donors (Lipinski definition) is 2. The molecule has 0 amide bonds. The first kappa shape index (κ1) is 18.4. The van der Waals surface area contributed by atoms with Crippen molar-refractivity contribution >= 4 is 11.8 Å². The molecule has 146 valence electrons. The van der Waals surface area contributed by atoms with Crippen molar-refractivity contribution in [2.75, 3.05) is 5.73 Å². The molecule has 9 nitrogen and oxygen atoms in total. The second-order valence-corrected chi connectivity index (χ2v) is 6.54. The minimum Gasteiger partial charge on any atom is -0.481 e. The minimum atomic E-state index is -0.960. The van der Waals surface area contributed by atoms with Crippen molar-refractivity contribution in [2.24, 2.45) is 0 Å². The van der Waals surface area contributed by atoms with Gasteiger partial charge in [0.15, 0.2) is 5.82 Å². The maximum absolute atomic E-state index is 11.8. The number of carboxylic acid groups (broad SMARTS) is 1. The molecular weight excluding hydrogens is 372 g/mol. The number of nitrogens with two attached hydrogens (primary N) is 1. The van der Waals surface area contributed by atoms with E-state index < -0.39 is 11.9 Å². The standard InChI is InChI=1S/C20H18N6O3/c21-17-7-6-13(9-22-17)8-15(20(27)28)16-10-26(12-23-16)11-18-24-19(29-25-18)14-4-2-1-3-5-14/h1-7,9-10,12,15H,8,11H2,(H2,21,22)(H,27,28). The Hall–Kier alpha value is -4.01. The first-order chi connectivity index (χ1) is 14.1. The van der Waals surface area contributed by atoms with Gasteiger partial charge in [-0.05, 0) is 30.2 Å². The number of imidazole rings is 1. The Morgan fingerprint density at radius 2 is 2.00 bits per heavy atom. The summed E-state index contributed by atoms with van der Waals surface area (Å²) in [5.41, 5.74) is 7.63. The molecule has 0 saturated heterocycles. The summed E-state index contributed by atoms with van der Waals surface area (Å²) in [6.07, 6.45) is 5.08. The monoisotopic (exact) mass is 390 g/mol. The van der Waals surface area contributed by atoms with Crippen LogP contribution in [0.5, 0.6) is 0 Å². The summed E-state index contributed by atoms with van der Waals surface area (Å²) < 4.78 is 7.03. The van der Waals surface area contributed by atoms with Crippen LogP contribution in [0.25, 0.3) is 11.5 Å². The molecule has 0 aliphatic heterocycles. The summed E-state index contributed by atoms with van der Waals surface area (Å²) in [5.74, 6) is -0.465. The fourth-order valence-electron chi connectivity index (χ4n) is 2.93. The second kappa shape index (κ2) is 7.93. The van der Waals surface area contributed by atoms with Gasteiger partial charge in [-0.15, -0.1) is 0 Å². The number of aromatic nitrogens is 5. The maximum atomic E-state index is 11.8. The van der Waals surface area contributed by atoms with Gasteiger partial charge < -0.3 is 19.9 Å². The Balaban J connectivity index is 1.49. The molecular formula is C20H18N6O3. The molecule has 1 atom stereocenters. The highest BCUT2D eigenvalue weighted by Gasteiger charge is 2.23. The van der Waals surface area contributed by atoms with Crippen molar-refractivity contribution < 1.29 is 14.4 Å². The van der Waals surface area contributed by atoms with Crippen molar-refractivity contribution in [2.45, 2.75) is 18.9 Å². The van der Waals surface area contributed by atoms with Gasteiger partial charge in [0, 0.05) is 18.0 Å². The molecule has 0 aliphatic rings.